The van der Waals surface area contributed by atoms with Crippen LogP contribution >= 0.6 is 11.8 Å². The van der Waals surface area contributed by atoms with E-state index in [-0.39, 0.29) is 11.4 Å². The fraction of sp³-hybridized carbons (Fsp3) is 0.154. The number of benzene rings is 2. The fourth-order valence-corrected chi connectivity index (χ4v) is 4.93. The number of nitrogens with one attached hydrogen (secondary N) is 1. The summed E-state index contributed by atoms with van der Waals surface area (Å²) in [6, 6.07) is 22.3. The van der Waals surface area contributed by atoms with Crippen molar-refractivity contribution in [3.8, 4) is 0 Å². The van der Waals surface area contributed by atoms with E-state index in [0.29, 0.717) is 11.6 Å². The summed E-state index contributed by atoms with van der Waals surface area (Å²) < 4.78 is 2.22. The van der Waals surface area contributed by atoms with Gasteiger partial charge in [0.25, 0.3) is 5.91 Å². The van der Waals surface area contributed by atoms with Crippen molar-refractivity contribution in [3.63, 3.8) is 0 Å². The van der Waals surface area contributed by atoms with Crippen molar-refractivity contribution < 1.29 is 4.79 Å². The molecule has 2 aliphatic heterocycles. The summed E-state index contributed by atoms with van der Waals surface area (Å²) in [5.74, 6) is -0.337. The minimum Gasteiger partial charge on any atom is -0.344 e. The minimum atomic E-state index is -0.400. The van der Waals surface area contributed by atoms with Gasteiger partial charge < -0.3 is 4.57 Å². The molecule has 7 heteroatoms. The van der Waals surface area contributed by atoms with Crippen LogP contribution in [-0.2, 0) is 17.8 Å². The Kier molecular flexibility index (Phi) is 5.56. The molecular weight excluding hydrogens is 430 g/mol. The van der Waals surface area contributed by atoms with Gasteiger partial charge in [-0.05, 0) is 54.4 Å². The molecule has 3 aromatic rings. The van der Waals surface area contributed by atoms with E-state index < -0.39 is 5.91 Å². The predicted molar refractivity (Wildman–Crippen MR) is 135 cm³/mol. The first-order valence-corrected chi connectivity index (χ1v) is 11.5. The predicted octanol–water partition coefficient (Wildman–Crippen LogP) is 5.02. The van der Waals surface area contributed by atoms with Crippen molar-refractivity contribution >= 4 is 39.8 Å². The summed E-state index contributed by atoms with van der Waals surface area (Å²) in [5, 5.41) is 16.0. The van der Waals surface area contributed by atoms with E-state index in [1.807, 2.05) is 61.5 Å². The zero-order chi connectivity index (χ0) is 22.9. The summed E-state index contributed by atoms with van der Waals surface area (Å²) in [4.78, 5) is 17.0. The van der Waals surface area contributed by atoms with Crippen LogP contribution in [0, 0.1) is 19.3 Å². The highest BCUT2D eigenvalue weighted by molar-refractivity contribution is 8.26. The highest BCUT2D eigenvalue weighted by atomic mass is 32.2. The molecule has 0 fully saturated rings. The first kappa shape index (κ1) is 21.2. The molecule has 0 saturated heterocycles. The van der Waals surface area contributed by atoms with Gasteiger partial charge in [0.05, 0.1) is 5.57 Å². The molecule has 0 aliphatic carbocycles. The third-order valence-electron chi connectivity index (χ3n) is 5.79. The van der Waals surface area contributed by atoms with E-state index in [9.17, 15) is 4.79 Å². The van der Waals surface area contributed by atoms with E-state index >= 15 is 0 Å². The van der Waals surface area contributed by atoms with Crippen molar-refractivity contribution in [3.05, 3.63) is 100 Å². The van der Waals surface area contributed by atoms with Crippen LogP contribution in [0.15, 0.2) is 82.4 Å². The number of aromatic nitrogens is 1. The number of aliphatic imine (C=N–C) groups is 1. The number of hydrazone groups is 1. The zero-order valence-electron chi connectivity index (χ0n) is 18.4. The van der Waals surface area contributed by atoms with E-state index in [0.717, 1.165) is 34.1 Å². The van der Waals surface area contributed by atoms with Crippen LogP contribution in [0.25, 0.3) is 6.08 Å². The van der Waals surface area contributed by atoms with Gasteiger partial charge in [0.15, 0.2) is 5.84 Å². The van der Waals surface area contributed by atoms with Gasteiger partial charge in [-0.25, -0.2) is 0 Å². The second kappa shape index (κ2) is 8.67. The second-order valence-corrected chi connectivity index (χ2v) is 9.11. The Morgan fingerprint density at radius 3 is 2.36 bits per heavy atom. The molecule has 0 unspecified atom stereocenters. The maximum atomic E-state index is 12.8. The standard InChI is InChI=1S/C26H23N5OS/c1-17-13-21(18(2)30(17)16-20-11-7-4-8-12-20)15-22-24(27)31-26(28-25(22)32)33-23(29-31)14-19-9-5-3-6-10-19/h3-13,15,27H,14,16H2,1-2H3/b22-15-,27-24?. The Bertz CT molecular complexity index is 1340. The normalized spacial score (nSPS) is 16.8. The largest absolute Gasteiger partial charge is 0.344 e. The third-order valence-corrected chi connectivity index (χ3v) is 6.70. The van der Waals surface area contributed by atoms with Crippen LogP contribution in [0.2, 0.25) is 0 Å². The van der Waals surface area contributed by atoms with Crippen molar-refractivity contribution in [2.45, 2.75) is 26.8 Å². The summed E-state index contributed by atoms with van der Waals surface area (Å²) in [5.41, 5.74) is 5.65. The smallest absolute Gasteiger partial charge is 0.283 e. The van der Waals surface area contributed by atoms with Crippen molar-refractivity contribution in [1.82, 2.24) is 9.58 Å². The quantitative estimate of drug-likeness (QED) is 0.552. The first-order chi connectivity index (χ1) is 16.0. The number of amides is 1. The number of thioether (sulfide) groups is 1. The number of amidine groups is 2. The fourth-order valence-electron chi connectivity index (χ4n) is 4.01. The molecule has 2 aliphatic rings. The summed E-state index contributed by atoms with van der Waals surface area (Å²) in [7, 11) is 0. The molecule has 5 rings (SSSR count). The average molecular weight is 454 g/mol. The molecule has 164 valence electrons. The highest BCUT2D eigenvalue weighted by Crippen LogP contribution is 2.30. The van der Waals surface area contributed by atoms with Gasteiger partial charge in [-0.2, -0.15) is 15.1 Å². The lowest BCUT2D eigenvalue weighted by molar-refractivity contribution is -0.114. The summed E-state index contributed by atoms with van der Waals surface area (Å²) >= 11 is 1.35. The van der Waals surface area contributed by atoms with Crippen LogP contribution < -0.4 is 0 Å². The number of carbonyl (C=O) groups is 1. The molecule has 2 aromatic carbocycles. The maximum Gasteiger partial charge on any atom is 0.283 e. The number of hydrogen-bond acceptors (Lipinski definition) is 4. The topological polar surface area (TPSA) is 73.8 Å². The van der Waals surface area contributed by atoms with Gasteiger partial charge in [0.2, 0.25) is 5.17 Å². The van der Waals surface area contributed by atoms with Gasteiger partial charge in [0.1, 0.15) is 5.04 Å². The molecule has 0 radical (unpaired) electrons. The Balaban J connectivity index is 1.42. The van der Waals surface area contributed by atoms with Gasteiger partial charge in [-0.15, -0.1) is 0 Å². The Hall–Kier alpha value is -3.71. The van der Waals surface area contributed by atoms with Gasteiger partial charge in [-0.1, -0.05) is 60.7 Å². The average Bonchev–Trinajstić information content (AvgIpc) is 3.33. The molecule has 1 amide bonds. The number of nitrogens with zero attached hydrogens (tertiary/aromatic N) is 4. The molecule has 1 N–H and O–H groups in total. The molecule has 0 atom stereocenters. The summed E-state index contributed by atoms with van der Waals surface area (Å²) in [6.45, 7) is 4.85. The second-order valence-electron chi connectivity index (χ2n) is 8.07. The Labute approximate surface area is 196 Å². The lowest BCUT2D eigenvalue weighted by atomic mass is 10.1. The van der Waals surface area contributed by atoms with E-state index in [2.05, 4.69) is 33.7 Å². The number of aryl methyl sites for hydroxylation is 1. The number of carbonyl (C=O) groups excluding carboxylic acids is 1. The zero-order valence-corrected chi connectivity index (χ0v) is 19.3. The lowest BCUT2D eigenvalue weighted by Gasteiger charge is -2.20. The van der Waals surface area contributed by atoms with Crippen LogP contribution in [0.5, 0.6) is 0 Å². The van der Waals surface area contributed by atoms with Crippen LogP contribution in [0.1, 0.15) is 28.1 Å². The molecule has 6 nitrogen and oxygen atoms in total. The molecule has 0 saturated carbocycles. The highest BCUT2D eigenvalue weighted by Gasteiger charge is 2.35. The minimum absolute atomic E-state index is 0.0634. The molecule has 0 spiro atoms. The van der Waals surface area contributed by atoms with Crippen LogP contribution in [0.3, 0.4) is 0 Å². The Morgan fingerprint density at radius 1 is 1.00 bits per heavy atom. The SMILES string of the molecule is Cc1cc(/C=C2/C(=N)N3N=C(Cc4ccccc4)SC3=NC2=O)c(C)n1Cc1ccccc1. The molecule has 1 aromatic heterocycles. The number of rotatable bonds is 5. The first-order valence-electron chi connectivity index (χ1n) is 10.7. The Morgan fingerprint density at radius 2 is 1.67 bits per heavy atom. The van der Waals surface area contributed by atoms with Crippen LogP contribution in [0.4, 0.5) is 0 Å². The summed E-state index contributed by atoms with van der Waals surface area (Å²) in [6.07, 6.45) is 2.41. The third kappa shape index (κ3) is 4.19. The number of fused-ring (bicyclic) bond motifs is 1. The number of hydrogen-bond donors (Lipinski definition) is 1. The molecule has 33 heavy (non-hydrogen) atoms. The van der Waals surface area contributed by atoms with Gasteiger partial charge >= 0.3 is 0 Å². The molecule has 3 heterocycles. The van der Waals surface area contributed by atoms with Crippen molar-refractivity contribution in [2.24, 2.45) is 10.1 Å². The van der Waals surface area contributed by atoms with E-state index in [1.165, 1.54) is 22.3 Å². The van der Waals surface area contributed by atoms with E-state index in [1.54, 1.807) is 6.08 Å². The van der Waals surface area contributed by atoms with Crippen LogP contribution in [-0.4, -0.2) is 31.5 Å². The van der Waals surface area contributed by atoms with Crippen molar-refractivity contribution in [2.75, 3.05) is 0 Å². The van der Waals surface area contributed by atoms with Gasteiger partial charge in [-0.3, -0.25) is 10.2 Å². The van der Waals surface area contributed by atoms with Crippen molar-refractivity contribution in [1.29, 1.82) is 5.41 Å². The van der Waals surface area contributed by atoms with Gasteiger partial charge in [0, 0.05) is 24.4 Å². The lowest BCUT2D eigenvalue weighted by Crippen LogP contribution is -2.35. The maximum absolute atomic E-state index is 12.8. The molecule has 0 bridgehead atoms. The van der Waals surface area contributed by atoms with E-state index in [4.69, 9.17) is 5.41 Å². The monoisotopic (exact) mass is 453 g/mol. The molecular formula is C26H23N5OS.